The number of aromatic hydroxyl groups is 1. The predicted molar refractivity (Wildman–Crippen MR) is 104 cm³/mol. The molecule has 8 heteroatoms. The first kappa shape index (κ1) is 18.5. The van der Waals surface area contributed by atoms with Gasteiger partial charge in [0.05, 0.1) is 11.3 Å². The number of hydrogen-bond acceptors (Lipinski definition) is 5. The van der Waals surface area contributed by atoms with E-state index < -0.39 is 5.82 Å². The zero-order chi connectivity index (χ0) is 19.0. The molecule has 0 radical (unpaired) electrons. The second-order valence-electron chi connectivity index (χ2n) is 7.35. The summed E-state index contributed by atoms with van der Waals surface area (Å²) in [5.74, 6) is 0.611. The third-order valence-electron chi connectivity index (χ3n) is 5.57. The Morgan fingerprint density at radius 1 is 1.37 bits per heavy atom. The summed E-state index contributed by atoms with van der Waals surface area (Å²) in [6.07, 6.45) is 5.01. The van der Waals surface area contributed by atoms with Crippen LogP contribution in [0.15, 0.2) is 18.2 Å². The van der Waals surface area contributed by atoms with E-state index in [2.05, 4.69) is 15.6 Å². The van der Waals surface area contributed by atoms with Gasteiger partial charge in [-0.1, -0.05) is 35.4 Å². The van der Waals surface area contributed by atoms with E-state index in [4.69, 9.17) is 11.6 Å². The number of aromatic nitrogens is 1. The lowest BCUT2D eigenvalue weighted by atomic mass is 9.96. The molecule has 1 amide bonds. The summed E-state index contributed by atoms with van der Waals surface area (Å²) in [5, 5.41) is 17.1. The second-order valence-corrected chi connectivity index (χ2v) is 8.84. The van der Waals surface area contributed by atoms with Gasteiger partial charge in [0, 0.05) is 23.2 Å². The summed E-state index contributed by atoms with van der Waals surface area (Å²) in [7, 11) is 0. The maximum absolute atomic E-state index is 13.8. The quantitative estimate of drug-likeness (QED) is 0.671. The molecule has 2 saturated carbocycles. The number of anilines is 1. The standard InChI is InChI=1S/C19H21ClFN3O2S/c20-13-2-1-3-14(21)12(13)9-22-17(25)8-16-18(26)24-19(27-16)23-15-7-10-4-5-11(15)6-10/h1-3,10-11,15,26H,4-9H2,(H,22,25)(H,23,24). The topological polar surface area (TPSA) is 74.2 Å². The third kappa shape index (κ3) is 4.04. The Labute approximate surface area is 166 Å². The number of halogens is 2. The zero-order valence-electron chi connectivity index (χ0n) is 14.7. The van der Waals surface area contributed by atoms with Crippen LogP contribution in [0.3, 0.4) is 0 Å². The normalized spacial score (nSPS) is 23.6. The van der Waals surface area contributed by atoms with Crippen molar-refractivity contribution in [2.75, 3.05) is 5.32 Å². The Bertz CT molecular complexity index is 839. The van der Waals surface area contributed by atoms with Gasteiger partial charge < -0.3 is 15.7 Å². The Morgan fingerprint density at radius 3 is 2.93 bits per heavy atom. The van der Waals surface area contributed by atoms with Gasteiger partial charge in [0.1, 0.15) is 5.82 Å². The van der Waals surface area contributed by atoms with Crippen molar-refractivity contribution >= 4 is 34.0 Å². The molecule has 3 N–H and O–H groups in total. The number of nitrogens with zero attached hydrogens (tertiary/aromatic N) is 1. The monoisotopic (exact) mass is 409 g/mol. The van der Waals surface area contributed by atoms with Crippen LogP contribution in [-0.2, 0) is 17.8 Å². The van der Waals surface area contributed by atoms with E-state index in [1.54, 1.807) is 6.07 Å². The van der Waals surface area contributed by atoms with Crippen LogP contribution < -0.4 is 10.6 Å². The highest BCUT2D eigenvalue weighted by Crippen LogP contribution is 2.46. The molecule has 3 unspecified atom stereocenters. The SMILES string of the molecule is O=C(Cc1sc(NC2CC3CCC2C3)nc1O)NCc1c(F)cccc1Cl. The Kier molecular flexibility index (Phi) is 5.23. The van der Waals surface area contributed by atoms with Crippen LogP contribution in [0.5, 0.6) is 5.88 Å². The van der Waals surface area contributed by atoms with Gasteiger partial charge in [0.25, 0.3) is 0 Å². The fourth-order valence-corrected chi connectivity index (χ4v) is 5.34. The summed E-state index contributed by atoms with van der Waals surface area (Å²) >= 11 is 7.26. The van der Waals surface area contributed by atoms with Crippen LogP contribution in [-0.4, -0.2) is 22.0 Å². The fraction of sp³-hybridized carbons (Fsp3) is 0.474. The van der Waals surface area contributed by atoms with Gasteiger partial charge in [-0.2, -0.15) is 4.98 Å². The van der Waals surface area contributed by atoms with E-state index in [1.807, 2.05) is 0 Å². The maximum Gasteiger partial charge on any atom is 0.227 e. The molecule has 144 valence electrons. The molecule has 5 nitrogen and oxygen atoms in total. The highest BCUT2D eigenvalue weighted by molar-refractivity contribution is 7.16. The minimum atomic E-state index is -0.458. The first-order valence-corrected chi connectivity index (χ1v) is 10.3. The molecule has 1 aromatic heterocycles. The molecule has 2 aliphatic rings. The lowest BCUT2D eigenvalue weighted by Crippen LogP contribution is -2.25. The van der Waals surface area contributed by atoms with E-state index in [9.17, 15) is 14.3 Å². The van der Waals surface area contributed by atoms with Gasteiger partial charge in [-0.15, -0.1) is 0 Å². The van der Waals surface area contributed by atoms with E-state index in [0.29, 0.717) is 22.0 Å². The molecule has 2 fully saturated rings. The van der Waals surface area contributed by atoms with Gasteiger partial charge in [-0.3, -0.25) is 4.79 Å². The van der Waals surface area contributed by atoms with E-state index >= 15 is 0 Å². The molecule has 4 rings (SSSR count). The van der Waals surface area contributed by atoms with Gasteiger partial charge in [-0.25, -0.2) is 4.39 Å². The molecule has 2 aliphatic carbocycles. The molecule has 2 aromatic rings. The number of benzene rings is 1. The predicted octanol–water partition coefficient (Wildman–Crippen LogP) is 4.10. The number of rotatable bonds is 6. The Balaban J connectivity index is 1.34. The number of nitrogens with one attached hydrogen (secondary N) is 2. The molecule has 0 spiro atoms. The third-order valence-corrected chi connectivity index (χ3v) is 6.90. The van der Waals surface area contributed by atoms with Crippen molar-refractivity contribution in [1.82, 2.24) is 10.3 Å². The number of amides is 1. The molecule has 0 aliphatic heterocycles. The van der Waals surface area contributed by atoms with Crippen molar-refractivity contribution in [3.8, 4) is 5.88 Å². The van der Waals surface area contributed by atoms with Crippen LogP contribution in [0.2, 0.25) is 5.02 Å². The average molecular weight is 410 g/mol. The van der Waals surface area contributed by atoms with Gasteiger partial charge >= 0.3 is 0 Å². The minimum absolute atomic E-state index is 0.000154. The van der Waals surface area contributed by atoms with Crippen LogP contribution in [0.1, 0.15) is 36.1 Å². The molecular weight excluding hydrogens is 389 g/mol. The van der Waals surface area contributed by atoms with E-state index in [-0.39, 0.29) is 35.3 Å². The van der Waals surface area contributed by atoms with Gasteiger partial charge in [-0.05, 0) is 43.2 Å². The molecule has 1 aromatic carbocycles. The average Bonchev–Trinajstić information content (AvgIpc) is 3.31. The lowest BCUT2D eigenvalue weighted by molar-refractivity contribution is -0.120. The summed E-state index contributed by atoms with van der Waals surface area (Å²) < 4.78 is 13.8. The Hall–Kier alpha value is -1.86. The van der Waals surface area contributed by atoms with Crippen molar-refractivity contribution in [1.29, 1.82) is 0 Å². The second kappa shape index (κ2) is 7.64. The highest BCUT2D eigenvalue weighted by atomic mass is 35.5. The Morgan fingerprint density at radius 2 is 2.22 bits per heavy atom. The summed E-state index contributed by atoms with van der Waals surface area (Å²) in [4.78, 5) is 16.8. The van der Waals surface area contributed by atoms with E-state index in [1.165, 1.54) is 42.7 Å². The lowest BCUT2D eigenvalue weighted by Gasteiger charge is -2.22. The van der Waals surface area contributed by atoms with Crippen molar-refractivity contribution < 1.29 is 14.3 Å². The first-order valence-electron chi connectivity index (χ1n) is 9.14. The summed E-state index contributed by atoms with van der Waals surface area (Å²) in [6, 6.07) is 4.81. The first-order chi connectivity index (χ1) is 13.0. The minimum Gasteiger partial charge on any atom is -0.492 e. The molecular formula is C19H21ClFN3O2S. The molecule has 1 heterocycles. The highest BCUT2D eigenvalue weighted by Gasteiger charge is 2.39. The smallest absolute Gasteiger partial charge is 0.227 e. The van der Waals surface area contributed by atoms with Crippen LogP contribution in [0.4, 0.5) is 9.52 Å². The van der Waals surface area contributed by atoms with Crippen molar-refractivity contribution in [3.05, 3.63) is 39.5 Å². The number of fused-ring (bicyclic) bond motifs is 2. The van der Waals surface area contributed by atoms with Crippen molar-refractivity contribution in [2.45, 2.75) is 44.7 Å². The fourth-order valence-electron chi connectivity index (χ4n) is 4.20. The van der Waals surface area contributed by atoms with E-state index in [0.717, 1.165) is 12.3 Å². The zero-order valence-corrected chi connectivity index (χ0v) is 16.2. The molecule has 3 atom stereocenters. The molecule has 27 heavy (non-hydrogen) atoms. The molecule has 0 saturated heterocycles. The largest absolute Gasteiger partial charge is 0.492 e. The van der Waals surface area contributed by atoms with Crippen molar-refractivity contribution in [3.63, 3.8) is 0 Å². The summed E-state index contributed by atoms with van der Waals surface area (Å²) in [6.45, 7) is 0.000154. The van der Waals surface area contributed by atoms with Gasteiger partial charge in [0.2, 0.25) is 11.8 Å². The van der Waals surface area contributed by atoms with Crippen LogP contribution >= 0.6 is 22.9 Å². The maximum atomic E-state index is 13.8. The van der Waals surface area contributed by atoms with Crippen LogP contribution in [0, 0.1) is 17.7 Å². The number of carbonyl (C=O) groups excluding carboxylic acids is 1. The number of thiazole rings is 1. The van der Waals surface area contributed by atoms with Crippen molar-refractivity contribution in [2.24, 2.45) is 11.8 Å². The van der Waals surface area contributed by atoms with Crippen LogP contribution in [0.25, 0.3) is 0 Å². The molecule has 2 bridgehead atoms. The van der Waals surface area contributed by atoms with Gasteiger partial charge in [0.15, 0.2) is 5.13 Å². The summed E-state index contributed by atoms with van der Waals surface area (Å²) in [5.41, 5.74) is 0.250. The number of hydrogen-bond donors (Lipinski definition) is 3. The number of carbonyl (C=O) groups is 1.